The summed E-state index contributed by atoms with van der Waals surface area (Å²) in [6.07, 6.45) is 1.34. The van der Waals surface area contributed by atoms with Gasteiger partial charge in [-0.2, -0.15) is 0 Å². The summed E-state index contributed by atoms with van der Waals surface area (Å²) in [5, 5.41) is 9.12. The van der Waals surface area contributed by atoms with Crippen LogP contribution in [0.1, 0.15) is 37.8 Å². The zero-order valence-corrected chi connectivity index (χ0v) is 11.3. The van der Waals surface area contributed by atoms with Crippen molar-refractivity contribution >= 4 is 11.9 Å². The minimum Gasteiger partial charge on any atom is -0.477 e. The van der Waals surface area contributed by atoms with Crippen molar-refractivity contribution in [1.29, 1.82) is 0 Å². The number of aromatic nitrogens is 2. The number of imidazole rings is 1. The lowest BCUT2D eigenvalue weighted by atomic mass is 10.0. The summed E-state index contributed by atoms with van der Waals surface area (Å²) in [6.45, 7) is 3.99. The van der Waals surface area contributed by atoms with Gasteiger partial charge in [0.2, 0.25) is 5.91 Å². The molecule has 0 unspecified atom stereocenters. The molecule has 0 spiro atoms. The SMILES string of the molecule is Cc1cc(C(N)=O)ccc1Cn1c(C(=O)O)cnc1C. The first kappa shape index (κ1) is 13.8. The van der Waals surface area contributed by atoms with Gasteiger partial charge in [-0.1, -0.05) is 6.07 Å². The highest BCUT2D eigenvalue weighted by molar-refractivity contribution is 5.93. The molecule has 1 aromatic heterocycles. The molecule has 0 aliphatic carbocycles. The molecule has 1 amide bonds. The molecule has 6 heteroatoms. The van der Waals surface area contributed by atoms with Crippen LogP contribution in [0.4, 0.5) is 0 Å². The minimum absolute atomic E-state index is 0.140. The van der Waals surface area contributed by atoms with Crippen molar-refractivity contribution in [2.24, 2.45) is 5.73 Å². The van der Waals surface area contributed by atoms with E-state index < -0.39 is 11.9 Å². The zero-order valence-electron chi connectivity index (χ0n) is 11.3. The predicted molar refractivity (Wildman–Crippen MR) is 72.7 cm³/mol. The molecule has 2 rings (SSSR count). The second-order valence-corrected chi connectivity index (χ2v) is 4.59. The molecule has 1 aromatic carbocycles. The van der Waals surface area contributed by atoms with Crippen LogP contribution in [0.3, 0.4) is 0 Å². The number of carboxylic acids is 1. The van der Waals surface area contributed by atoms with Crippen LogP contribution < -0.4 is 5.73 Å². The molecule has 0 aliphatic heterocycles. The fraction of sp³-hybridized carbons (Fsp3) is 0.214. The first-order valence-electron chi connectivity index (χ1n) is 6.05. The van der Waals surface area contributed by atoms with E-state index in [1.165, 1.54) is 6.20 Å². The number of carbonyl (C=O) groups is 2. The summed E-state index contributed by atoms with van der Waals surface area (Å²) in [5.74, 6) is -0.873. The van der Waals surface area contributed by atoms with Crippen LogP contribution in [0.15, 0.2) is 24.4 Å². The maximum Gasteiger partial charge on any atom is 0.354 e. The van der Waals surface area contributed by atoms with Gasteiger partial charge in [-0.15, -0.1) is 0 Å². The summed E-state index contributed by atoms with van der Waals surface area (Å²) >= 11 is 0. The highest BCUT2D eigenvalue weighted by atomic mass is 16.4. The van der Waals surface area contributed by atoms with Gasteiger partial charge in [-0.3, -0.25) is 4.79 Å². The van der Waals surface area contributed by atoms with Gasteiger partial charge in [0, 0.05) is 12.1 Å². The highest BCUT2D eigenvalue weighted by Crippen LogP contribution is 2.15. The Balaban J connectivity index is 2.38. The number of hydrogen-bond donors (Lipinski definition) is 2. The number of nitrogens with zero attached hydrogens (tertiary/aromatic N) is 2. The number of hydrogen-bond acceptors (Lipinski definition) is 3. The molecule has 0 saturated heterocycles. The quantitative estimate of drug-likeness (QED) is 0.878. The second-order valence-electron chi connectivity index (χ2n) is 4.59. The number of carbonyl (C=O) groups excluding carboxylic acids is 1. The van der Waals surface area contributed by atoms with E-state index in [1.54, 1.807) is 29.7 Å². The van der Waals surface area contributed by atoms with Crippen LogP contribution in [0.5, 0.6) is 0 Å². The van der Waals surface area contributed by atoms with Gasteiger partial charge >= 0.3 is 5.97 Å². The number of carboxylic acid groups (broad SMARTS) is 1. The number of aryl methyl sites for hydroxylation is 2. The molecule has 6 nitrogen and oxygen atoms in total. The van der Waals surface area contributed by atoms with Crippen molar-refractivity contribution in [2.75, 3.05) is 0 Å². The predicted octanol–water partition coefficient (Wildman–Crippen LogP) is 1.35. The number of rotatable bonds is 4. The average Bonchev–Trinajstić information content (AvgIpc) is 2.73. The van der Waals surface area contributed by atoms with Gasteiger partial charge in [0.15, 0.2) is 0 Å². The molecule has 0 bridgehead atoms. The van der Waals surface area contributed by atoms with Crippen LogP contribution in [0, 0.1) is 13.8 Å². The maximum atomic E-state index is 11.1. The Morgan fingerprint density at radius 3 is 2.60 bits per heavy atom. The van der Waals surface area contributed by atoms with Gasteiger partial charge in [0.1, 0.15) is 11.5 Å². The van der Waals surface area contributed by atoms with E-state index in [2.05, 4.69) is 4.98 Å². The third-order valence-corrected chi connectivity index (χ3v) is 3.23. The van der Waals surface area contributed by atoms with Gasteiger partial charge in [0.05, 0.1) is 6.20 Å². The summed E-state index contributed by atoms with van der Waals surface area (Å²) < 4.78 is 1.62. The summed E-state index contributed by atoms with van der Waals surface area (Å²) in [6, 6.07) is 5.11. The van der Waals surface area contributed by atoms with Crippen molar-refractivity contribution < 1.29 is 14.7 Å². The lowest BCUT2D eigenvalue weighted by molar-refractivity contribution is 0.0685. The molecule has 20 heavy (non-hydrogen) atoms. The molecule has 0 saturated carbocycles. The average molecular weight is 273 g/mol. The summed E-state index contributed by atoms with van der Waals surface area (Å²) in [7, 11) is 0. The van der Waals surface area contributed by atoms with Crippen molar-refractivity contribution in [3.05, 3.63) is 52.6 Å². The number of nitrogens with two attached hydrogens (primary N) is 1. The molecule has 0 radical (unpaired) electrons. The zero-order chi connectivity index (χ0) is 14.9. The first-order chi connectivity index (χ1) is 9.40. The molecule has 1 heterocycles. The molecule has 2 aromatic rings. The van der Waals surface area contributed by atoms with E-state index in [-0.39, 0.29) is 5.69 Å². The van der Waals surface area contributed by atoms with E-state index in [0.717, 1.165) is 11.1 Å². The van der Waals surface area contributed by atoms with Crippen molar-refractivity contribution in [3.63, 3.8) is 0 Å². The summed E-state index contributed by atoms with van der Waals surface area (Å²) in [5.41, 5.74) is 7.60. The van der Waals surface area contributed by atoms with Crippen molar-refractivity contribution in [3.8, 4) is 0 Å². The Morgan fingerprint density at radius 2 is 2.05 bits per heavy atom. The molecule has 3 N–H and O–H groups in total. The van der Waals surface area contributed by atoms with Crippen LogP contribution in [-0.2, 0) is 6.54 Å². The standard InChI is InChI=1S/C14H15N3O3/c1-8-5-10(13(15)18)3-4-11(8)7-17-9(2)16-6-12(17)14(19)20/h3-6H,7H2,1-2H3,(H2,15,18)(H,19,20). The van der Waals surface area contributed by atoms with Gasteiger partial charge < -0.3 is 15.4 Å². The third-order valence-electron chi connectivity index (χ3n) is 3.23. The van der Waals surface area contributed by atoms with Crippen molar-refractivity contribution in [1.82, 2.24) is 9.55 Å². The fourth-order valence-electron chi connectivity index (χ4n) is 2.04. The minimum atomic E-state index is -1.02. The number of benzene rings is 1. The fourth-order valence-corrected chi connectivity index (χ4v) is 2.04. The lowest BCUT2D eigenvalue weighted by Gasteiger charge is -2.11. The molecule has 0 aliphatic rings. The number of aromatic carboxylic acids is 1. The molecule has 104 valence electrons. The topological polar surface area (TPSA) is 98.2 Å². The van der Waals surface area contributed by atoms with Gasteiger partial charge in [-0.25, -0.2) is 9.78 Å². The Kier molecular flexibility index (Phi) is 3.56. The van der Waals surface area contributed by atoms with Crippen molar-refractivity contribution in [2.45, 2.75) is 20.4 Å². The Labute approximate surface area is 115 Å². The van der Waals surface area contributed by atoms with E-state index in [1.807, 2.05) is 6.92 Å². The normalized spacial score (nSPS) is 10.5. The van der Waals surface area contributed by atoms with Crippen LogP contribution in [0.25, 0.3) is 0 Å². The van der Waals surface area contributed by atoms with Gasteiger partial charge in [0.25, 0.3) is 0 Å². The molecular formula is C14H15N3O3. The van der Waals surface area contributed by atoms with E-state index >= 15 is 0 Å². The highest BCUT2D eigenvalue weighted by Gasteiger charge is 2.14. The lowest BCUT2D eigenvalue weighted by Crippen LogP contribution is -2.13. The third kappa shape index (κ3) is 2.54. The smallest absolute Gasteiger partial charge is 0.354 e. The largest absolute Gasteiger partial charge is 0.477 e. The van der Waals surface area contributed by atoms with Crippen LogP contribution in [-0.4, -0.2) is 26.5 Å². The Bertz CT molecular complexity index is 689. The summed E-state index contributed by atoms with van der Waals surface area (Å²) in [4.78, 5) is 26.3. The van der Waals surface area contributed by atoms with E-state index in [4.69, 9.17) is 10.8 Å². The molecule has 0 fully saturated rings. The van der Waals surface area contributed by atoms with Gasteiger partial charge in [-0.05, 0) is 37.1 Å². The van der Waals surface area contributed by atoms with E-state index in [9.17, 15) is 9.59 Å². The van der Waals surface area contributed by atoms with Crippen LogP contribution >= 0.6 is 0 Å². The maximum absolute atomic E-state index is 11.1. The number of primary amides is 1. The second kappa shape index (κ2) is 5.16. The van der Waals surface area contributed by atoms with E-state index in [0.29, 0.717) is 17.9 Å². The first-order valence-corrected chi connectivity index (χ1v) is 6.05. The number of amides is 1. The van der Waals surface area contributed by atoms with Crippen LogP contribution in [0.2, 0.25) is 0 Å². The molecule has 0 atom stereocenters. The Morgan fingerprint density at radius 1 is 1.35 bits per heavy atom. The Hall–Kier alpha value is -2.63. The monoisotopic (exact) mass is 273 g/mol. The molecular weight excluding hydrogens is 258 g/mol.